The number of hydrogen-bond acceptors (Lipinski definition) is 3. The smallest absolute Gasteiger partial charge is 0.251 e. The van der Waals surface area contributed by atoms with E-state index >= 15 is 0 Å². The summed E-state index contributed by atoms with van der Waals surface area (Å²) in [6, 6.07) is 0. The van der Waals surface area contributed by atoms with Crippen LogP contribution in [0, 0.1) is 0 Å². The summed E-state index contributed by atoms with van der Waals surface area (Å²) in [6.45, 7) is 2.10. The lowest BCUT2D eigenvalue weighted by atomic mass is 10.1. The van der Waals surface area contributed by atoms with Crippen molar-refractivity contribution in [3.8, 4) is 0 Å². The van der Waals surface area contributed by atoms with Gasteiger partial charge >= 0.3 is 0 Å². The van der Waals surface area contributed by atoms with Gasteiger partial charge in [0.05, 0.1) is 19.1 Å². The van der Waals surface area contributed by atoms with Gasteiger partial charge in [-0.25, -0.2) is 8.78 Å². The molecule has 0 aromatic carbocycles. The number of carbonyl (C=O) groups excluding carboxylic acids is 1. The highest BCUT2D eigenvalue weighted by Gasteiger charge is 2.35. The van der Waals surface area contributed by atoms with Gasteiger partial charge in [-0.2, -0.15) is 0 Å². The van der Waals surface area contributed by atoms with E-state index in [1.54, 1.807) is 0 Å². The van der Waals surface area contributed by atoms with Crippen LogP contribution in [-0.2, 0) is 14.3 Å². The third kappa shape index (κ3) is 4.69. The van der Waals surface area contributed by atoms with Crippen molar-refractivity contribution < 1.29 is 23.0 Å². The number of carbonyl (C=O) groups is 1. The van der Waals surface area contributed by atoms with Crippen LogP contribution < -0.4 is 0 Å². The summed E-state index contributed by atoms with van der Waals surface area (Å²) in [5.74, 6) is -2.68. The molecule has 0 bridgehead atoms. The summed E-state index contributed by atoms with van der Waals surface area (Å²) in [5, 5.41) is 0. The van der Waals surface area contributed by atoms with E-state index in [1.807, 2.05) is 0 Å². The molecule has 6 heteroatoms. The lowest BCUT2D eigenvalue weighted by Crippen LogP contribution is -2.43. The zero-order valence-electron chi connectivity index (χ0n) is 11.1. The molecule has 2 aliphatic heterocycles. The molecule has 2 fully saturated rings. The molecule has 2 aliphatic rings. The lowest BCUT2D eigenvalue weighted by molar-refractivity contribution is -0.139. The summed E-state index contributed by atoms with van der Waals surface area (Å²) in [5.41, 5.74) is 0. The molecule has 0 atom stereocenters. The SMILES string of the molecule is O=C(CCOC1CCOCC1)N1CCC(F)(F)CC1. The van der Waals surface area contributed by atoms with Gasteiger partial charge in [-0.3, -0.25) is 4.79 Å². The van der Waals surface area contributed by atoms with Crippen LogP contribution >= 0.6 is 0 Å². The van der Waals surface area contributed by atoms with Crippen molar-refractivity contribution in [1.29, 1.82) is 0 Å². The summed E-state index contributed by atoms with van der Waals surface area (Å²) in [7, 11) is 0. The van der Waals surface area contributed by atoms with Crippen LogP contribution in [0.5, 0.6) is 0 Å². The van der Waals surface area contributed by atoms with Gasteiger partial charge < -0.3 is 14.4 Å². The molecule has 0 radical (unpaired) electrons. The van der Waals surface area contributed by atoms with E-state index in [-0.39, 0.29) is 44.4 Å². The van der Waals surface area contributed by atoms with Crippen molar-refractivity contribution in [2.24, 2.45) is 0 Å². The zero-order valence-corrected chi connectivity index (χ0v) is 11.1. The van der Waals surface area contributed by atoms with Crippen LogP contribution in [0.3, 0.4) is 0 Å². The number of rotatable bonds is 4. The van der Waals surface area contributed by atoms with E-state index in [0.717, 1.165) is 12.8 Å². The molecule has 1 amide bonds. The Labute approximate surface area is 112 Å². The van der Waals surface area contributed by atoms with Gasteiger partial charge in [-0.05, 0) is 12.8 Å². The summed E-state index contributed by atoms with van der Waals surface area (Å²) in [6.07, 6.45) is 1.74. The van der Waals surface area contributed by atoms with E-state index in [0.29, 0.717) is 19.8 Å². The van der Waals surface area contributed by atoms with Crippen molar-refractivity contribution in [3.05, 3.63) is 0 Å². The largest absolute Gasteiger partial charge is 0.381 e. The van der Waals surface area contributed by atoms with Crippen molar-refractivity contribution in [2.45, 2.75) is 44.1 Å². The molecule has 4 nitrogen and oxygen atoms in total. The fourth-order valence-corrected chi connectivity index (χ4v) is 2.40. The lowest BCUT2D eigenvalue weighted by Gasteiger charge is -2.32. The van der Waals surface area contributed by atoms with Gasteiger partial charge in [0.1, 0.15) is 0 Å². The van der Waals surface area contributed by atoms with Crippen LogP contribution in [0.2, 0.25) is 0 Å². The molecule has 2 rings (SSSR count). The number of amides is 1. The van der Waals surface area contributed by atoms with Crippen LogP contribution in [0.15, 0.2) is 0 Å². The molecule has 0 spiro atoms. The number of halogens is 2. The van der Waals surface area contributed by atoms with E-state index in [1.165, 1.54) is 4.90 Å². The quantitative estimate of drug-likeness (QED) is 0.787. The minimum Gasteiger partial charge on any atom is -0.381 e. The van der Waals surface area contributed by atoms with E-state index < -0.39 is 5.92 Å². The maximum absolute atomic E-state index is 13.0. The van der Waals surface area contributed by atoms with Gasteiger partial charge in [-0.1, -0.05) is 0 Å². The van der Waals surface area contributed by atoms with E-state index in [9.17, 15) is 13.6 Å². The minimum atomic E-state index is -2.60. The number of hydrogen-bond donors (Lipinski definition) is 0. The number of alkyl halides is 2. The van der Waals surface area contributed by atoms with Crippen LogP contribution in [-0.4, -0.2) is 55.7 Å². The highest BCUT2D eigenvalue weighted by atomic mass is 19.3. The van der Waals surface area contributed by atoms with Crippen molar-refractivity contribution in [3.63, 3.8) is 0 Å². The first-order valence-electron chi connectivity index (χ1n) is 6.92. The molecular weight excluding hydrogens is 256 g/mol. The Morgan fingerprint density at radius 1 is 1.26 bits per heavy atom. The highest BCUT2D eigenvalue weighted by Crippen LogP contribution is 2.27. The van der Waals surface area contributed by atoms with Crippen molar-refractivity contribution >= 4 is 5.91 Å². The molecule has 0 aromatic heterocycles. The third-order valence-electron chi connectivity index (χ3n) is 3.69. The second-order valence-electron chi connectivity index (χ2n) is 5.17. The third-order valence-corrected chi connectivity index (χ3v) is 3.69. The molecule has 2 saturated heterocycles. The first-order valence-corrected chi connectivity index (χ1v) is 6.92. The first-order chi connectivity index (χ1) is 9.07. The van der Waals surface area contributed by atoms with Crippen molar-refractivity contribution in [1.82, 2.24) is 4.90 Å². The Hall–Kier alpha value is -0.750. The Bertz CT molecular complexity index is 296. The van der Waals surface area contributed by atoms with E-state index in [4.69, 9.17) is 9.47 Å². The van der Waals surface area contributed by atoms with Gasteiger partial charge in [0, 0.05) is 39.1 Å². The average Bonchev–Trinajstić information content (AvgIpc) is 2.39. The number of nitrogens with zero attached hydrogens (tertiary/aromatic N) is 1. The maximum Gasteiger partial charge on any atom is 0.251 e. The molecular formula is C13H21F2NO3. The van der Waals surface area contributed by atoms with Crippen LogP contribution in [0.1, 0.15) is 32.1 Å². The molecule has 19 heavy (non-hydrogen) atoms. The molecule has 0 aromatic rings. The van der Waals surface area contributed by atoms with Crippen LogP contribution in [0.4, 0.5) is 8.78 Å². The fraction of sp³-hybridized carbons (Fsp3) is 0.923. The van der Waals surface area contributed by atoms with Crippen molar-refractivity contribution in [2.75, 3.05) is 32.9 Å². The molecule has 110 valence electrons. The normalized spacial score (nSPS) is 24.4. The van der Waals surface area contributed by atoms with Gasteiger partial charge in [-0.15, -0.1) is 0 Å². The summed E-state index contributed by atoms with van der Waals surface area (Å²) >= 11 is 0. The fourth-order valence-electron chi connectivity index (χ4n) is 2.40. The van der Waals surface area contributed by atoms with Gasteiger partial charge in [0.2, 0.25) is 5.91 Å². The van der Waals surface area contributed by atoms with E-state index in [2.05, 4.69) is 0 Å². The number of piperidine rings is 1. The highest BCUT2D eigenvalue weighted by molar-refractivity contribution is 5.76. The standard InChI is InChI=1S/C13H21F2NO3/c14-13(15)4-6-16(7-5-13)12(17)3-10-19-11-1-8-18-9-2-11/h11H,1-10H2. The number of likely N-dealkylation sites (tertiary alicyclic amines) is 1. The molecule has 0 unspecified atom stereocenters. The first kappa shape index (κ1) is 14.7. The Morgan fingerprint density at radius 3 is 2.53 bits per heavy atom. The monoisotopic (exact) mass is 277 g/mol. The predicted molar refractivity (Wildman–Crippen MR) is 65.2 cm³/mol. The topological polar surface area (TPSA) is 38.8 Å². The Morgan fingerprint density at radius 2 is 1.89 bits per heavy atom. The van der Waals surface area contributed by atoms with Gasteiger partial charge in [0.25, 0.3) is 5.92 Å². The maximum atomic E-state index is 13.0. The summed E-state index contributed by atoms with van der Waals surface area (Å²) < 4.78 is 36.7. The Balaban J connectivity index is 1.62. The average molecular weight is 277 g/mol. The zero-order chi connectivity index (χ0) is 13.7. The molecule has 0 aliphatic carbocycles. The Kier molecular flexibility index (Phi) is 5.10. The second-order valence-corrected chi connectivity index (χ2v) is 5.17. The summed E-state index contributed by atoms with van der Waals surface area (Å²) in [4.78, 5) is 13.3. The molecule has 0 saturated carbocycles. The molecule has 0 N–H and O–H groups in total. The van der Waals surface area contributed by atoms with Crippen LogP contribution in [0.25, 0.3) is 0 Å². The van der Waals surface area contributed by atoms with Gasteiger partial charge in [0.15, 0.2) is 0 Å². The predicted octanol–water partition coefficient (Wildman–Crippen LogP) is 1.83. The second kappa shape index (κ2) is 6.61. The molecule has 2 heterocycles. The minimum absolute atomic E-state index is 0.0810. The number of ether oxygens (including phenoxy) is 2.